The van der Waals surface area contributed by atoms with E-state index < -0.39 is 14.1 Å². The Bertz CT molecular complexity index is 552. The lowest BCUT2D eigenvalue weighted by Crippen LogP contribution is -2.51. The standard InChI is InChI=1S/C22H38O3SSi/c1-16(2)27(17(3)4,18(5)6)23-15-19-14-21(25-22(7,8)24-19)26-20-12-10-9-11-13-20/h9-13,16-19,21H,14-15H2,1-8H3/t19-,21+/m0/s1. The van der Waals surface area contributed by atoms with Crippen molar-refractivity contribution >= 4 is 20.1 Å². The maximum absolute atomic E-state index is 6.79. The number of ether oxygens (including phenoxy) is 2. The van der Waals surface area contributed by atoms with Crippen LogP contribution in [-0.4, -0.2) is 32.3 Å². The van der Waals surface area contributed by atoms with Crippen LogP contribution < -0.4 is 0 Å². The Balaban J connectivity index is 2.08. The molecule has 1 aliphatic rings. The van der Waals surface area contributed by atoms with E-state index in [4.69, 9.17) is 13.9 Å². The van der Waals surface area contributed by atoms with Crippen LogP contribution in [0.1, 0.15) is 61.8 Å². The molecule has 27 heavy (non-hydrogen) atoms. The summed E-state index contributed by atoms with van der Waals surface area (Å²) in [4.78, 5) is 1.23. The molecule has 0 radical (unpaired) electrons. The molecule has 1 heterocycles. The molecule has 0 N–H and O–H groups in total. The third-order valence-electron chi connectivity index (χ3n) is 5.56. The quantitative estimate of drug-likeness (QED) is 0.439. The minimum absolute atomic E-state index is 0.0677. The number of hydrogen-bond acceptors (Lipinski definition) is 4. The van der Waals surface area contributed by atoms with Crippen molar-refractivity contribution in [3.63, 3.8) is 0 Å². The fourth-order valence-electron chi connectivity index (χ4n) is 4.62. The minimum Gasteiger partial charge on any atom is -0.413 e. The van der Waals surface area contributed by atoms with E-state index in [0.717, 1.165) is 6.42 Å². The maximum atomic E-state index is 6.79. The van der Waals surface area contributed by atoms with Gasteiger partial charge in [0.2, 0.25) is 0 Å². The number of thioether (sulfide) groups is 1. The largest absolute Gasteiger partial charge is 0.413 e. The van der Waals surface area contributed by atoms with Gasteiger partial charge in [-0.25, -0.2) is 0 Å². The molecular weight excluding hydrogens is 372 g/mol. The second-order valence-corrected chi connectivity index (χ2v) is 15.7. The Kier molecular flexibility index (Phi) is 8.03. The van der Waals surface area contributed by atoms with E-state index in [2.05, 4.69) is 65.8 Å². The molecule has 1 aliphatic heterocycles. The van der Waals surface area contributed by atoms with Gasteiger partial charge in [0, 0.05) is 11.3 Å². The highest BCUT2D eigenvalue weighted by atomic mass is 32.2. The van der Waals surface area contributed by atoms with Gasteiger partial charge in [-0.2, -0.15) is 0 Å². The van der Waals surface area contributed by atoms with Crippen LogP contribution in [-0.2, 0) is 13.9 Å². The fourth-order valence-corrected chi connectivity index (χ4v) is 11.3. The van der Waals surface area contributed by atoms with E-state index >= 15 is 0 Å². The average Bonchev–Trinajstić information content (AvgIpc) is 2.53. The summed E-state index contributed by atoms with van der Waals surface area (Å²) in [5.74, 6) is -0.587. The molecule has 0 unspecified atom stereocenters. The summed E-state index contributed by atoms with van der Waals surface area (Å²) in [7, 11) is -1.88. The highest BCUT2D eigenvalue weighted by Gasteiger charge is 2.46. The molecule has 5 heteroatoms. The Morgan fingerprint density at radius 3 is 2.07 bits per heavy atom. The summed E-state index contributed by atoms with van der Waals surface area (Å²) >= 11 is 1.78. The molecule has 1 aromatic carbocycles. The van der Waals surface area contributed by atoms with Crippen LogP contribution in [0.15, 0.2) is 35.2 Å². The maximum Gasteiger partial charge on any atom is 0.200 e. The zero-order valence-corrected chi connectivity index (χ0v) is 20.1. The SMILES string of the molecule is CC(C)[Si](OC[C@@H]1C[C@@H](Sc2ccccc2)OC(C)(C)O1)(C(C)C)C(C)C. The van der Waals surface area contributed by atoms with Crippen LogP contribution in [0, 0.1) is 0 Å². The summed E-state index contributed by atoms with van der Waals surface area (Å²) in [6, 6.07) is 10.5. The van der Waals surface area contributed by atoms with E-state index in [1.807, 2.05) is 19.9 Å². The molecular formula is C22H38O3SSi. The zero-order valence-electron chi connectivity index (χ0n) is 18.3. The summed E-state index contributed by atoms with van der Waals surface area (Å²) < 4.78 is 19.2. The highest BCUT2D eigenvalue weighted by molar-refractivity contribution is 7.99. The second-order valence-electron chi connectivity index (χ2n) is 8.98. The molecule has 0 aromatic heterocycles. The second kappa shape index (κ2) is 9.44. The molecule has 2 rings (SSSR count). The van der Waals surface area contributed by atoms with E-state index in [1.165, 1.54) is 4.90 Å². The molecule has 0 spiro atoms. The predicted molar refractivity (Wildman–Crippen MR) is 118 cm³/mol. The Morgan fingerprint density at radius 1 is 1.00 bits per heavy atom. The summed E-state index contributed by atoms with van der Waals surface area (Å²) in [6.45, 7) is 18.7. The molecule has 3 nitrogen and oxygen atoms in total. The van der Waals surface area contributed by atoms with Crippen molar-refractivity contribution in [3.8, 4) is 0 Å². The van der Waals surface area contributed by atoms with Crippen LogP contribution in [0.3, 0.4) is 0 Å². The monoisotopic (exact) mass is 410 g/mol. The van der Waals surface area contributed by atoms with E-state index in [1.54, 1.807) is 11.8 Å². The molecule has 0 bridgehead atoms. The van der Waals surface area contributed by atoms with E-state index in [-0.39, 0.29) is 11.5 Å². The van der Waals surface area contributed by atoms with Gasteiger partial charge in [0.1, 0.15) is 5.44 Å². The molecule has 0 amide bonds. The van der Waals surface area contributed by atoms with Crippen molar-refractivity contribution in [1.29, 1.82) is 0 Å². The number of rotatable bonds is 8. The van der Waals surface area contributed by atoms with Crippen molar-refractivity contribution < 1.29 is 13.9 Å². The lowest BCUT2D eigenvalue weighted by Gasteiger charge is -2.45. The zero-order chi connectivity index (χ0) is 20.2. The Morgan fingerprint density at radius 2 is 1.56 bits per heavy atom. The Labute approximate surface area is 171 Å². The topological polar surface area (TPSA) is 27.7 Å². The first kappa shape index (κ1) is 23.0. The highest BCUT2D eigenvalue weighted by Crippen LogP contribution is 2.43. The van der Waals surface area contributed by atoms with Gasteiger partial charge in [-0.15, -0.1) is 0 Å². The lowest BCUT2D eigenvalue weighted by atomic mass is 10.2. The number of hydrogen-bond donors (Lipinski definition) is 0. The van der Waals surface area contributed by atoms with Gasteiger partial charge in [-0.3, -0.25) is 0 Å². The third kappa shape index (κ3) is 5.83. The molecule has 0 saturated carbocycles. The Hall–Kier alpha value is -0.333. The first-order chi connectivity index (χ1) is 12.6. The van der Waals surface area contributed by atoms with Gasteiger partial charge >= 0.3 is 0 Å². The van der Waals surface area contributed by atoms with Gasteiger partial charge < -0.3 is 13.9 Å². The van der Waals surface area contributed by atoms with Crippen molar-refractivity contribution in [2.45, 2.75) is 101 Å². The minimum atomic E-state index is -1.88. The summed E-state index contributed by atoms with van der Waals surface area (Å²) in [5.41, 5.74) is 1.83. The van der Waals surface area contributed by atoms with Crippen molar-refractivity contribution in [3.05, 3.63) is 30.3 Å². The molecule has 1 fully saturated rings. The van der Waals surface area contributed by atoms with Crippen LogP contribution in [0.4, 0.5) is 0 Å². The first-order valence-electron chi connectivity index (χ1n) is 10.3. The normalized spacial score (nSPS) is 23.4. The molecule has 0 aliphatic carbocycles. The van der Waals surface area contributed by atoms with Crippen LogP contribution in [0.5, 0.6) is 0 Å². The smallest absolute Gasteiger partial charge is 0.200 e. The van der Waals surface area contributed by atoms with Crippen molar-refractivity contribution in [2.75, 3.05) is 6.61 Å². The van der Waals surface area contributed by atoms with E-state index in [0.29, 0.717) is 23.2 Å². The lowest BCUT2D eigenvalue weighted by molar-refractivity contribution is -0.285. The average molecular weight is 411 g/mol. The molecule has 154 valence electrons. The van der Waals surface area contributed by atoms with Gasteiger partial charge in [-0.1, -0.05) is 71.5 Å². The fraction of sp³-hybridized carbons (Fsp3) is 0.727. The first-order valence-corrected chi connectivity index (χ1v) is 13.3. The van der Waals surface area contributed by atoms with Crippen molar-refractivity contribution in [1.82, 2.24) is 0 Å². The van der Waals surface area contributed by atoms with Gasteiger partial charge in [0.05, 0.1) is 12.7 Å². The van der Waals surface area contributed by atoms with Crippen molar-refractivity contribution in [2.24, 2.45) is 0 Å². The summed E-state index contributed by atoms with van der Waals surface area (Å²) in [5, 5.41) is 0. The van der Waals surface area contributed by atoms with Gasteiger partial charge in [-0.05, 0) is 42.6 Å². The molecule has 1 aromatic rings. The third-order valence-corrected chi connectivity index (χ3v) is 12.7. The van der Waals surface area contributed by atoms with Crippen LogP contribution >= 0.6 is 11.8 Å². The summed E-state index contributed by atoms with van der Waals surface area (Å²) in [6.07, 6.45) is 0.917. The predicted octanol–water partition coefficient (Wildman–Crippen LogP) is 6.84. The molecule has 2 atom stereocenters. The van der Waals surface area contributed by atoms with Gasteiger partial charge in [0.15, 0.2) is 14.1 Å². The number of benzene rings is 1. The van der Waals surface area contributed by atoms with E-state index in [9.17, 15) is 0 Å². The molecule has 1 saturated heterocycles. The van der Waals surface area contributed by atoms with Crippen LogP contribution in [0.2, 0.25) is 16.6 Å². The van der Waals surface area contributed by atoms with Crippen LogP contribution in [0.25, 0.3) is 0 Å². The van der Waals surface area contributed by atoms with Gasteiger partial charge in [0.25, 0.3) is 0 Å².